The summed E-state index contributed by atoms with van der Waals surface area (Å²) in [4.78, 5) is 7.49. The van der Waals surface area contributed by atoms with Crippen LogP contribution in [0, 0.1) is 13.8 Å². The molecule has 2 aromatic rings. The van der Waals surface area contributed by atoms with E-state index in [0.717, 1.165) is 16.9 Å². The van der Waals surface area contributed by atoms with E-state index in [1.54, 1.807) is 0 Å². The summed E-state index contributed by atoms with van der Waals surface area (Å²) in [6.45, 7) is 12.0. The molecule has 0 bridgehead atoms. The van der Waals surface area contributed by atoms with Gasteiger partial charge in [-0.05, 0) is 31.5 Å². The van der Waals surface area contributed by atoms with Crippen LogP contribution in [-0.4, -0.2) is 9.97 Å². The van der Waals surface area contributed by atoms with Gasteiger partial charge in [0, 0.05) is 1.43 Å². The van der Waals surface area contributed by atoms with Gasteiger partial charge < -0.3 is 4.98 Å². The van der Waals surface area contributed by atoms with Crippen molar-refractivity contribution in [1.82, 2.24) is 9.97 Å². The average molecular weight is 208 g/mol. The molecule has 2 nitrogen and oxygen atoms in total. The lowest BCUT2D eigenvalue weighted by Gasteiger charge is -1.89. The molecule has 0 radical (unpaired) electrons. The highest BCUT2D eigenvalue weighted by Crippen LogP contribution is 2.12. The van der Waals surface area contributed by atoms with E-state index in [-0.39, 0.29) is 1.43 Å². The number of hydrogen-bond acceptors (Lipinski definition) is 1. The van der Waals surface area contributed by atoms with Crippen LogP contribution in [0.5, 0.6) is 0 Å². The Morgan fingerprint density at radius 1 is 1.07 bits per heavy atom. The number of imidazole rings is 1. The van der Waals surface area contributed by atoms with E-state index in [4.69, 9.17) is 0 Å². The van der Waals surface area contributed by atoms with Crippen molar-refractivity contribution in [2.45, 2.75) is 41.5 Å². The van der Waals surface area contributed by atoms with Gasteiger partial charge in [-0.3, -0.25) is 0 Å². The summed E-state index contributed by atoms with van der Waals surface area (Å²) in [6, 6.07) is 6.21. The highest BCUT2D eigenvalue weighted by Gasteiger charge is 1.96. The Bertz CT molecular complexity index is 394. The van der Waals surface area contributed by atoms with Gasteiger partial charge in [0.05, 0.1) is 11.0 Å². The Kier molecular flexibility index (Phi) is 6.43. The van der Waals surface area contributed by atoms with Gasteiger partial charge in [0.15, 0.2) is 0 Å². The molecule has 1 aromatic carbocycles. The molecule has 1 heterocycles. The largest absolute Gasteiger partial charge is 0.342 e. The van der Waals surface area contributed by atoms with Gasteiger partial charge in [-0.2, -0.15) is 0 Å². The second-order valence-electron chi connectivity index (χ2n) is 2.84. The van der Waals surface area contributed by atoms with E-state index < -0.39 is 0 Å². The lowest BCUT2D eigenvalue weighted by atomic mass is 10.2. The quantitative estimate of drug-likeness (QED) is 0.679. The number of fused-ring (bicyclic) bond motifs is 1. The van der Waals surface area contributed by atoms with Gasteiger partial charge in [-0.25, -0.2) is 4.98 Å². The van der Waals surface area contributed by atoms with Crippen molar-refractivity contribution >= 4 is 11.0 Å². The number of nitrogens with one attached hydrogen (secondary N) is 1. The summed E-state index contributed by atoms with van der Waals surface area (Å²) in [7, 11) is 0. The third kappa shape index (κ3) is 3.74. The van der Waals surface area contributed by atoms with Crippen LogP contribution < -0.4 is 0 Å². The number of aromatic amines is 1. The standard InChI is InChI=1S/C9H10N2.2C2H6.H2/c1-6-3-4-8-9(5-6)11-7(2)10-8;2*1-2;/h3-5H,1-2H3,(H,10,11);2*1-2H3;1H. The van der Waals surface area contributed by atoms with E-state index >= 15 is 0 Å². The molecule has 0 aliphatic rings. The summed E-state index contributed by atoms with van der Waals surface area (Å²) in [5, 5.41) is 0. The number of H-pyrrole nitrogens is 1. The maximum atomic E-state index is 4.30. The summed E-state index contributed by atoms with van der Waals surface area (Å²) < 4.78 is 0. The molecular formula is C13H24N2. The minimum Gasteiger partial charge on any atom is -0.342 e. The SMILES string of the molecule is CC.CC.Cc1ccc2nc(C)[nH]c2c1.[HH]. The van der Waals surface area contributed by atoms with Crippen LogP contribution in [0.3, 0.4) is 0 Å². The lowest BCUT2D eigenvalue weighted by Crippen LogP contribution is -1.71. The summed E-state index contributed by atoms with van der Waals surface area (Å²) in [5.74, 6) is 0.977. The number of aryl methyl sites for hydroxylation is 2. The molecule has 0 unspecified atom stereocenters. The van der Waals surface area contributed by atoms with E-state index in [0.29, 0.717) is 0 Å². The summed E-state index contributed by atoms with van der Waals surface area (Å²) >= 11 is 0. The predicted octanol–water partition coefficient (Wildman–Crippen LogP) is 4.48. The second-order valence-corrected chi connectivity index (χ2v) is 2.84. The highest BCUT2D eigenvalue weighted by molar-refractivity contribution is 5.75. The maximum Gasteiger partial charge on any atom is 0.104 e. The Morgan fingerprint density at radius 2 is 1.67 bits per heavy atom. The fraction of sp³-hybridized carbons (Fsp3) is 0.462. The molecule has 0 fully saturated rings. The van der Waals surface area contributed by atoms with Crippen LogP contribution in [0.4, 0.5) is 0 Å². The third-order valence-electron chi connectivity index (χ3n) is 1.76. The molecule has 1 N–H and O–H groups in total. The van der Waals surface area contributed by atoms with E-state index in [1.165, 1.54) is 5.56 Å². The molecule has 0 saturated heterocycles. The molecule has 0 aliphatic carbocycles. The lowest BCUT2D eigenvalue weighted by molar-refractivity contribution is 1.17. The zero-order valence-corrected chi connectivity index (χ0v) is 10.7. The third-order valence-corrected chi connectivity index (χ3v) is 1.76. The number of hydrogen-bond donors (Lipinski definition) is 1. The molecule has 0 spiro atoms. The second kappa shape index (κ2) is 7.04. The maximum absolute atomic E-state index is 4.30. The van der Waals surface area contributed by atoms with Crippen LogP contribution in [-0.2, 0) is 0 Å². The van der Waals surface area contributed by atoms with Gasteiger partial charge in [0.2, 0.25) is 0 Å². The molecule has 0 amide bonds. The number of benzene rings is 1. The van der Waals surface area contributed by atoms with Crippen LogP contribution in [0.1, 0.15) is 40.5 Å². The average Bonchev–Trinajstić information content (AvgIpc) is 2.63. The van der Waals surface area contributed by atoms with Gasteiger partial charge in [-0.1, -0.05) is 33.8 Å². The van der Waals surface area contributed by atoms with Crippen LogP contribution >= 0.6 is 0 Å². The molecule has 0 saturated carbocycles. The van der Waals surface area contributed by atoms with Crippen molar-refractivity contribution in [2.24, 2.45) is 0 Å². The monoisotopic (exact) mass is 208 g/mol. The van der Waals surface area contributed by atoms with Crippen LogP contribution in [0.25, 0.3) is 11.0 Å². The first kappa shape index (κ1) is 13.7. The Balaban J connectivity index is 0. The predicted molar refractivity (Wildman–Crippen MR) is 70.4 cm³/mol. The Hall–Kier alpha value is -1.31. The van der Waals surface area contributed by atoms with Gasteiger partial charge in [0.1, 0.15) is 5.82 Å². The first-order valence-corrected chi connectivity index (χ1v) is 5.69. The van der Waals surface area contributed by atoms with E-state index in [1.807, 2.05) is 40.7 Å². The number of nitrogens with zero attached hydrogens (tertiary/aromatic N) is 1. The molecule has 2 rings (SSSR count). The van der Waals surface area contributed by atoms with Gasteiger partial charge in [-0.15, -0.1) is 0 Å². The zero-order chi connectivity index (χ0) is 11.8. The fourth-order valence-electron chi connectivity index (χ4n) is 1.25. The van der Waals surface area contributed by atoms with E-state index in [9.17, 15) is 0 Å². The van der Waals surface area contributed by atoms with Crippen molar-refractivity contribution in [3.8, 4) is 0 Å². The highest BCUT2D eigenvalue weighted by atomic mass is 14.9. The number of rotatable bonds is 0. The normalized spacial score (nSPS) is 8.67. The smallest absolute Gasteiger partial charge is 0.104 e. The topological polar surface area (TPSA) is 28.7 Å². The Morgan fingerprint density at radius 3 is 2.27 bits per heavy atom. The molecule has 0 atom stereocenters. The minimum atomic E-state index is 0. The zero-order valence-electron chi connectivity index (χ0n) is 10.7. The fourth-order valence-corrected chi connectivity index (χ4v) is 1.25. The van der Waals surface area contributed by atoms with Crippen molar-refractivity contribution in [3.05, 3.63) is 29.6 Å². The first-order valence-electron chi connectivity index (χ1n) is 5.69. The first-order chi connectivity index (χ1) is 7.25. The number of aromatic nitrogens is 2. The molecule has 0 aliphatic heterocycles. The van der Waals surface area contributed by atoms with Crippen LogP contribution in [0.15, 0.2) is 18.2 Å². The molecule has 2 heteroatoms. The van der Waals surface area contributed by atoms with Crippen molar-refractivity contribution < 1.29 is 1.43 Å². The Labute approximate surface area is 94.2 Å². The van der Waals surface area contributed by atoms with Crippen molar-refractivity contribution in [3.63, 3.8) is 0 Å². The molecular weight excluding hydrogens is 184 g/mol. The van der Waals surface area contributed by atoms with Gasteiger partial charge >= 0.3 is 0 Å². The van der Waals surface area contributed by atoms with E-state index in [2.05, 4.69) is 29.0 Å². The minimum absolute atomic E-state index is 0. The van der Waals surface area contributed by atoms with Crippen molar-refractivity contribution in [2.75, 3.05) is 0 Å². The van der Waals surface area contributed by atoms with Crippen molar-refractivity contribution in [1.29, 1.82) is 0 Å². The van der Waals surface area contributed by atoms with Crippen LogP contribution in [0.2, 0.25) is 0 Å². The molecule has 15 heavy (non-hydrogen) atoms. The summed E-state index contributed by atoms with van der Waals surface area (Å²) in [6.07, 6.45) is 0. The molecule has 1 aromatic heterocycles. The molecule has 86 valence electrons. The summed E-state index contributed by atoms with van der Waals surface area (Å²) in [5.41, 5.74) is 3.44. The van der Waals surface area contributed by atoms with Gasteiger partial charge in [0.25, 0.3) is 0 Å².